The predicted molar refractivity (Wildman–Crippen MR) is 131 cm³/mol. The molecule has 1 rings (SSSR count). The Labute approximate surface area is 193 Å². The van der Waals surface area contributed by atoms with Gasteiger partial charge in [-0.2, -0.15) is 0 Å². The summed E-state index contributed by atoms with van der Waals surface area (Å²) < 4.78 is 31.6. The maximum atomic E-state index is 11.7. The van der Waals surface area contributed by atoms with E-state index in [-0.39, 0.29) is 35.8 Å². The second-order valence-corrected chi connectivity index (χ2v) is 8.86. The van der Waals surface area contributed by atoms with Crippen molar-refractivity contribution in [2.45, 2.75) is 52.5 Å². The summed E-state index contributed by atoms with van der Waals surface area (Å²) in [4.78, 5) is 4.62. The number of rotatable bonds is 12. The number of hydrogen-bond acceptors (Lipinski definition) is 4. The van der Waals surface area contributed by atoms with Crippen LogP contribution in [0.2, 0.25) is 0 Å². The average molecular weight is 541 g/mol. The third-order valence-electron chi connectivity index (χ3n) is 4.27. The zero-order valence-corrected chi connectivity index (χ0v) is 21.3. The first-order chi connectivity index (χ1) is 13.3. The maximum Gasteiger partial charge on any atom is 0.215 e. The molecule has 1 aromatic carbocycles. The van der Waals surface area contributed by atoms with Crippen molar-refractivity contribution < 1.29 is 13.2 Å². The molecule has 0 fully saturated rings. The van der Waals surface area contributed by atoms with Gasteiger partial charge in [-0.3, -0.25) is 0 Å². The van der Waals surface area contributed by atoms with Crippen LogP contribution in [-0.4, -0.2) is 47.2 Å². The first-order valence-corrected chi connectivity index (χ1v) is 11.6. The van der Waals surface area contributed by atoms with Crippen LogP contribution in [0.25, 0.3) is 0 Å². The summed E-state index contributed by atoms with van der Waals surface area (Å²) in [6, 6.07) is 7.50. The third-order valence-corrected chi connectivity index (χ3v) is 5.60. The number of aliphatic imine (C=N–C) groups is 1. The van der Waals surface area contributed by atoms with Gasteiger partial charge in [0.1, 0.15) is 0 Å². The number of ether oxygens (including phenoxy) is 1. The molecule has 0 amide bonds. The molecule has 0 aliphatic heterocycles. The summed E-state index contributed by atoms with van der Waals surface area (Å²) >= 11 is 0. The Morgan fingerprint density at radius 1 is 1.17 bits per heavy atom. The van der Waals surface area contributed by atoms with Crippen LogP contribution in [0.15, 0.2) is 29.3 Å². The zero-order valence-electron chi connectivity index (χ0n) is 18.2. The molecule has 168 valence electrons. The lowest BCUT2D eigenvalue weighted by Crippen LogP contribution is -2.39. The SMILES string of the molecule is CCNC(=NCc1cccc(CS(=O)(=O)NC)c1)NCCC(OCC)C(C)C.I. The standard InChI is InChI=1S/C20H36N4O3S.HI/c1-6-22-20(23-12-11-19(16(3)4)27-7-2)24-14-17-9-8-10-18(13-17)15-28(25,26)21-5;/h8-10,13,16,19,21H,6-7,11-12,14-15H2,1-5H3,(H2,22,23,24);1H. The molecule has 0 bridgehead atoms. The van der Waals surface area contributed by atoms with E-state index < -0.39 is 10.0 Å². The van der Waals surface area contributed by atoms with Crippen LogP contribution in [0.4, 0.5) is 0 Å². The Bertz CT molecular complexity index is 711. The number of hydrogen-bond donors (Lipinski definition) is 3. The Balaban J connectivity index is 0.00000784. The van der Waals surface area contributed by atoms with E-state index in [1.165, 1.54) is 7.05 Å². The first kappa shape index (κ1) is 28.1. The smallest absolute Gasteiger partial charge is 0.215 e. The van der Waals surface area contributed by atoms with Crippen molar-refractivity contribution >= 4 is 40.0 Å². The molecular weight excluding hydrogens is 503 g/mol. The molecule has 0 heterocycles. The third kappa shape index (κ3) is 11.8. The average Bonchev–Trinajstić information content (AvgIpc) is 2.65. The monoisotopic (exact) mass is 540 g/mol. The van der Waals surface area contributed by atoms with Gasteiger partial charge in [0.05, 0.1) is 18.4 Å². The first-order valence-electron chi connectivity index (χ1n) is 9.94. The van der Waals surface area contributed by atoms with Crippen LogP contribution in [0.3, 0.4) is 0 Å². The van der Waals surface area contributed by atoms with E-state index in [1.54, 1.807) is 0 Å². The quantitative estimate of drug-likeness (QED) is 0.216. The zero-order chi connectivity index (χ0) is 21.0. The summed E-state index contributed by atoms with van der Waals surface area (Å²) in [6.07, 6.45) is 1.14. The Morgan fingerprint density at radius 3 is 2.45 bits per heavy atom. The van der Waals surface area contributed by atoms with Crippen molar-refractivity contribution in [2.24, 2.45) is 10.9 Å². The number of halogens is 1. The number of nitrogens with one attached hydrogen (secondary N) is 3. The molecule has 0 saturated heterocycles. The van der Waals surface area contributed by atoms with E-state index in [2.05, 4.69) is 34.2 Å². The normalized spacial score (nSPS) is 13.1. The van der Waals surface area contributed by atoms with Crippen molar-refractivity contribution in [3.63, 3.8) is 0 Å². The lowest BCUT2D eigenvalue weighted by Gasteiger charge is -2.21. The number of nitrogens with zero attached hydrogens (tertiary/aromatic N) is 1. The van der Waals surface area contributed by atoms with E-state index >= 15 is 0 Å². The fraction of sp³-hybridized carbons (Fsp3) is 0.650. The molecule has 0 aromatic heterocycles. The second-order valence-electron chi connectivity index (χ2n) is 6.93. The van der Waals surface area contributed by atoms with Crippen molar-refractivity contribution in [1.29, 1.82) is 0 Å². The lowest BCUT2D eigenvalue weighted by atomic mass is 10.0. The highest BCUT2D eigenvalue weighted by molar-refractivity contribution is 14.0. The van der Waals surface area contributed by atoms with Crippen LogP contribution in [0, 0.1) is 5.92 Å². The van der Waals surface area contributed by atoms with Gasteiger partial charge in [0, 0.05) is 19.7 Å². The summed E-state index contributed by atoms with van der Waals surface area (Å²) in [5.74, 6) is 1.18. The number of sulfonamides is 1. The van der Waals surface area contributed by atoms with E-state index in [0.717, 1.165) is 43.2 Å². The molecule has 9 heteroatoms. The van der Waals surface area contributed by atoms with Gasteiger partial charge in [-0.15, -0.1) is 24.0 Å². The molecule has 0 aliphatic rings. The van der Waals surface area contributed by atoms with Gasteiger partial charge < -0.3 is 15.4 Å². The van der Waals surface area contributed by atoms with Gasteiger partial charge >= 0.3 is 0 Å². The fourth-order valence-corrected chi connectivity index (χ4v) is 3.54. The van der Waals surface area contributed by atoms with Gasteiger partial charge in [0.15, 0.2) is 5.96 Å². The number of guanidine groups is 1. The van der Waals surface area contributed by atoms with Crippen LogP contribution < -0.4 is 15.4 Å². The molecule has 0 saturated carbocycles. The molecular formula is C20H37IN4O3S. The molecule has 3 N–H and O–H groups in total. The number of benzene rings is 1. The van der Waals surface area contributed by atoms with E-state index in [1.807, 2.05) is 38.1 Å². The van der Waals surface area contributed by atoms with Crippen molar-refractivity contribution in [1.82, 2.24) is 15.4 Å². The molecule has 1 unspecified atom stereocenters. The highest BCUT2D eigenvalue weighted by Crippen LogP contribution is 2.11. The van der Waals surface area contributed by atoms with Crippen LogP contribution >= 0.6 is 24.0 Å². The Kier molecular flexibility index (Phi) is 14.5. The van der Waals surface area contributed by atoms with Crippen LogP contribution in [-0.2, 0) is 27.1 Å². The molecule has 1 atom stereocenters. The molecule has 29 heavy (non-hydrogen) atoms. The molecule has 0 spiro atoms. The van der Waals surface area contributed by atoms with Crippen molar-refractivity contribution in [2.75, 3.05) is 26.7 Å². The highest BCUT2D eigenvalue weighted by atomic mass is 127. The molecule has 7 nitrogen and oxygen atoms in total. The Hall–Kier alpha value is -0.910. The van der Waals surface area contributed by atoms with Gasteiger partial charge in [-0.1, -0.05) is 38.1 Å². The maximum absolute atomic E-state index is 11.7. The minimum atomic E-state index is -3.28. The summed E-state index contributed by atoms with van der Waals surface area (Å²) in [7, 11) is -1.86. The fourth-order valence-electron chi connectivity index (χ4n) is 2.78. The van der Waals surface area contributed by atoms with E-state index in [0.29, 0.717) is 12.5 Å². The van der Waals surface area contributed by atoms with Gasteiger partial charge in [-0.05, 0) is 44.4 Å². The predicted octanol–water partition coefficient (Wildman–Crippen LogP) is 2.86. The largest absolute Gasteiger partial charge is 0.378 e. The van der Waals surface area contributed by atoms with Gasteiger partial charge in [0.25, 0.3) is 0 Å². The van der Waals surface area contributed by atoms with E-state index in [4.69, 9.17) is 4.74 Å². The van der Waals surface area contributed by atoms with Gasteiger partial charge in [0.2, 0.25) is 10.0 Å². The summed E-state index contributed by atoms with van der Waals surface area (Å²) in [5, 5.41) is 6.59. The highest BCUT2D eigenvalue weighted by Gasteiger charge is 2.13. The lowest BCUT2D eigenvalue weighted by molar-refractivity contribution is 0.0258. The molecule has 0 radical (unpaired) electrons. The van der Waals surface area contributed by atoms with Crippen molar-refractivity contribution in [3.8, 4) is 0 Å². The molecule has 1 aromatic rings. The van der Waals surface area contributed by atoms with E-state index in [9.17, 15) is 8.42 Å². The summed E-state index contributed by atoms with van der Waals surface area (Å²) in [6.45, 7) is 11.1. The second kappa shape index (κ2) is 15.0. The van der Waals surface area contributed by atoms with Crippen LogP contribution in [0.5, 0.6) is 0 Å². The van der Waals surface area contributed by atoms with Gasteiger partial charge in [-0.25, -0.2) is 18.1 Å². The van der Waals surface area contributed by atoms with Crippen molar-refractivity contribution in [3.05, 3.63) is 35.4 Å². The minimum Gasteiger partial charge on any atom is -0.378 e. The Morgan fingerprint density at radius 2 is 1.86 bits per heavy atom. The topological polar surface area (TPSA) is 91.8 Å². The summed E-state index contributed by atoms with van der Waals surface area (Å²) in [5.41, 5.74) is 1.71. The van der Waals surface area contributed by atoms with Crippen LogP contribution in [0.1, 0.15) is 45.2 Å². The minimum absolute atomic E-state index is 0. The molecule has 0 aliphatic carbocycles.